The molecule has 0 radical (unpaired) electrons. The van der Waals surface area contributed by atoms with Crippen LogP contribution >= 0.6 is 11.3 Å². The number of aromatic nitrogens is 1. The van der Waals surface area contributed by atoms with Crippen molar-refractivity contribution in [3.63, 3.8) is 0 Å². The number of esters is 1. The number of hydrogen-bond acceptors (Lipinski definition) is 6. The van der Waals surface area contributed by atoms with Gasteiger partial charge in [-0.3, -0.25) is 0 Å². The second-order valence-electron chi connectivity index (χ2n) is 3.46. The number of ether oxygens (including phenoxy) is 2. The number of nitrogens with two attached hydrogens (primary N) is 1. The van der Waals surface area contributed by atoms with E-state index in [0.717, 1.165) is 5.01 Å². The van der Waals surface area contributed by atoms with E-state index in [0.29, 0.717) is 23.6 Å². The molecule has 2 aromatic rings. The maximum atomic E-state index is 11.6. The van der Waals surface area contributed by atoms with Gasteiger partial charge in [0.05, 0.1) is 7.11 Å². The van der Waals surface area contributed by atoms with E-state index in [-0.39, 0.29) is 0 Å². The highest BCUT2D eigenvalue weighted by Crippen LogP contribution is 2.23. The van der Waals surface area contributed by atoms with E-state index in [4.69, 9.17) is 10.5 Å². The lowest BCUT2D eigenvalue weighted by molar-refractivity contribution is 0.0595. The number of carbonyl (C=O) groups excluding carboxylic acids is 1. The maximum Gasteiger partial charge on any atom is 0.341 e. The van der Waals surface area contributed by atoms with Gasteiger partial charge in [-0.2, -0.15) is 0 Å². The fourth-order valence-electron chi connectivity index (χ4n) is 1.41. The quantitative estimate of drug-likeness (QED) is 0.676. The van der Waals surface area contributed by atoms with Crippen molar-refractivity contribution in [1.29, 1.82) is 0 Å². The summed E-state index contributed by atoms with van der Waals surface area (Å²) in [6.07, 6.45) is 1.70. The zero-order chi connectivity index (χ0) is 13.0. The van der Waals surface area contributed by atoms with Gasteiger partial charge in [-0.05, 0) is 18.2 Å². The molecule has 6 heteroatoms. The molecule has 0 bridgehead atoms. The Bertz CT molecular complexity index is 540. The first-order chi connectivity index (χ1) is 8.70. The van der Waals surface area contributed by atoms with Gasteiger partial charge in [-0.15, -0.1) is 11.3 Å². The number of nitrogen functional groups attached to an aromatic ring is 1. The summed E-state index contributed by atoms with van der Waals surface area (Å²) in [5.41, 5.74) is 6.43. The fourth-order valence-corrected chi connectivity index (χ4v) is 1.93. The van der Waals surface area contributed by atoms with Crippen LogP contribution in [0.3, 0.4) is 0 Å². The molecular weight excluding hydrogens is 252 g/mol. The Morgan fingerprint density at radius 3 is 3.00 bits per heavy atom. The molecule has 0 aliphatic rings. The lowest BCUT2D eigenvalue weighted by Crippen LogP contribution is -2.06. The highest BCUT2D eigenvalue weighted by molar-refractivity contribution is 7.09. The highest BCUT2D eigenvalue weighted by atomic mass is 32.1. The predicted molar refractivity (Wildman–Crippen MR) is 68.6 cm³/mol. The van der Waals surface area contributed by atoms with Gasteiger partial charge in [-0.1, -0.05) is 0 Å². The van der Waals surface area contributed by atoms with E-state index < -0.39 is 5.97 Å². The number of rotatable bonds is 4. The minimum absolute atomic E-state index is 0.311. The predicted octanol–water partition coefficient (Wildman–Crippen LogP) is 2.09. The molecule has 2 N–H and O–H groups in total. The van der Waals surface area contributed by atoms with Gasteiger partial charge in [-0.25, -0.2) is 9.78 Å². The van der Waals surface area contributed by atoms with Crippen molar-refractivity contribution in [2.24, 2.45) is 0 Å². The third kappa shape index (κ3) is 2.78. The lowest BCUT2D eigenvalue weighted by atomic mass is 10.2. The van der Waals surface area contributed by atoms with E-state index in [1.807, 2.05) is 5.38 Å². The van der Waals surface area contributed by atoms with E-state index in [1.54, 1.807) is 18.3 Å². The summed E-state index contributed by atoms with van der Waals surface area (Å²) >= 11 is 1.49. The molecule has 1 aromatic heterocycles. The van der Waals surface area contributed by atoms with Crippen LogP contribution in [0.4, 0.5) is 5.69 Å². The first kappa shape index (κ1) is 12.4. The summed E-state index contributed by atoms with van der Waals surface area (Å²) in [6.45, 7) is 0.311. The van der Waals surface area contributed by atoms with E-state index in [2.05, 4.69) is 9.72 Å². The second-order valence-corrected chi connectivity index (χ2v) is 4.44. The Morgan fingerprint density at radius 2 is 2.33 bits per heavy atom. The molecule has 0 aliphatic heterocycles. The van der Waals surface area contributed by atoms with Crippen LogP contribution in [0.5, 0.6) is 5.75 Å². The number of nitrogens with zero attached hydrogens (tertiary/aromatic N) is 1. The molecule has 0 spiro atoms. The average molecular weight is 264 g/mol. The van der Waals surface area contributed by atoms with Gasteiger partial charge >= 0.3 is 5.97 Å². The summed E-state index contributed by atoms with van der Waals surface area (Å²) in [4.78, 5) is 15.7. The summed E-state index contributed by atoms with van der Waals surface area (Å²) in [5, 5.41) is 2.70. The molecule has 5 nitrogen and oxygen atoms in total. The van der Waals surface area contributed by atoms with Crippen LogP contribution in [-0.2, 0) is 11.3 Å². The zero-order valence-corrected chi connectivity index (χ0v) is 10.6. The molecule has 0 saturated heterocycles. The second kappa shape index (κ2) is 5.50. The standard InChI is InChI=1S/C12H12N2O3S/c1-16-12(15)9-6-8(13)2-3-10(9)17-7-11-14-4-5-18-11/h2-6H,7,13H2,1H3. The largest absolute Gasteiger partial charge is 0.486 e. The zero-order valence-electron chi connectivity index (χ0n) is 9.75. The van der Waals surface area contributed by atoms with Gasteiger partial charge in [0.25, 0.3) is 0 Å². The van der Waals surface area contributed by atoms with Crippen molar-refractivity contribution in [1.82, 2.24) is 4.98 Å². The smallest absolute Gasteiger partial charge is 0.341 e. The average Bonchev–Trinajstić information content (AvgIpc) is 2.89. The van der Waals surface area contributed by atoms with Crippen LogP contribution < -0.4 is 10.5 Å². The molecule has 0 amide bonds. The first-order valence-corrected chi connectivity index (χ1v) is 6.07. The molecule has 0 aliphatic carbocycles. The summed E-state index contributed by atoms with van der Waals surface area (Å²) < 4.78 is 10.2. The number of carbonyl (C=O) groups is 1. The van der Waals surface area contributed by atoms with Crippen LogP contribution in [0.15, 0.2) is 29.8 Å². The minimum atomic E-state index is -0.476. The highest BCUT2D eigenvalue weighted by Gasteiger charge is 2.13. The Morgan fingerprint density at radius 1 is 1.50 bits per heavy atom. The van der Waals surface area contributed by atoms with Crippen LogP contribution in [0.1, 0.15) is 15.4 Å². The first-order valence-electron chi connectivity index (χ1n) is 5.19. The Hall–Kier alpha value is -2.08. The van der Waals surface area contributed by atoms with Gasteiger partial charge in [0.15, 0.2) is 0 Å². The number of benzene rings is 1. The van der Waals surface area contributed by atoms with Crippen molar-refractivity contribution in [2.75, 3.05) is 12.8 Å². The van der Waals surface area contributed by atoms with Crippen molar-refractivity contribution in [2.45, 2.75) is 6.61 Å². The summed E-state index contributed by atoms with van der Waals surface area (Å²) in [5.74, 6) is -0.0392. The monoisotopic (exact) mass is 264 g/mol. The fraction of sp³-hybridized carbons (Fsp3) is 0.167. The van der Waals surface area contributed by atoms with Crippen molar-refractivity contribution < 1.29 is 14.3 Å². The molecule has 2 rings (SSSR count). The van der Waals surface area contributed by atoms with E-state index in [9.17, 15) is 4.79 Å². The SMILES string of the molecule is COC(=O)c1cc(N)ccc1OCc1nccs1. The van der Waals surface area contributed by atoms with Crippen LogP contribution in [0.2, 0.25) is 0 Å². The molecule has 18 heavy (non-hydrogen) atoms. The third-order valence-corrected chi connectivity index (χ3v) is 3.00. The van der Waals surface area contributed by atoms with Crippen LogP contribution in [-0.4, -0.2) is 18.1 Å². The number of hydrogen-bond donors (Lipinski definition) is 1. The van der Waals surface area contributed by atoms with E-state index in [1.165, 1.54) is 24.5 Å². The molecule has 1 aromatic carbocycles. The molecule has 0 atom stereocenters. The van der Waals surface area contributed by atoms with Crippen molar-refractivity contribution in [3.8, 4) is 5.75 Å². The molecule has 0 fully saturated rings. The van der Waals surface area contributed by atoms with Crippen LogP contribution in [0.25, 0.3) is 0 Å². The summed E-state index contributed by atoms with van der Waals surface area (Å²) in [7, 11) is 1.32. The van der Waals surface area contributed by atoms with Gasteiger partial charge in [0.1, 0.15) is 22.9 Å². The lowest BCUT2D eigenvalue weighted by Gasteiger charge is -2.09. The topological polar surface area (TPSA) is 74.4 Å². The van der Waals surface area contributed by atoms with Gasteiger partial charge in [0, 0.05) is 17.3 Å². The Labute approximate surface area is 108 Å². The van der Waals surface area contributed by atoms with Gasteiger partial charge < -0.3 is 15.2 Å². The Kier molecular flexibility index (Phi) is 3.78. The maximum absolute atomic E-state index is 11.6. The van der Waals surface area contributed by atoms with Crippen molar-refractivity contribution >= 4 is 23.0 Å². The van der Waals surface area contributed by atoms with Crippen molar-refractivity contribution in [3.05, 3.63) is 40.3 Å². The normalized spacial score (nSPS) is 10.1. The summed E-state index contributed by atoms with van der Waals surface area (Å²) in [6, 6.07) is 4.85. The molecule has 94 valence electrons. The number of anilines is 1. The van der Waals surface area contributed by atoms with Crippen LogP contribution in [0, 0.1) is 0 Å². The minimum Gasteiger partial charge on any atom is -0.486 e. The van der Waals surface area contributed by atoms with Gasteiger partial charge in [0.2, 0.25) is 0 Å². The molecule has 0 unspecified atom stereocenters. The third-order valence-electron chi connectivity index (χ3n) is 2.24. The van der Waals surface area contributed by atoms with E-state index >= 15 is 0 Å². The molecule has 1 heterocycles. The molecule has 0 saturated carbocycles. The number of methoxy groups -OCH3 is 1. The number of thiazole rings is 1. The molecular formula is C12H12N2O3S. The Balaban J connectivity index is 2.18.